The zero-order valence-corrected chi connectivity index (χ0v) is 27.0. The van der Waals surface area contributed by atoms with Crippen LogP contribution in [0.2, 0.25) is 0 Å². The standard InChI is InChI=1S/C32H46N4O4S2/c1-23(35-31(39)27-15-13-17-33-21-27)29(37)25(3)41-19-11-9-7-5-6-8-10-12-20-42-26(4)30(38)24(2)36-32(40)28-16-14-18-34-22-28/h13-18,21-26H,5-12,19-20H2,1-4H3,(H,35,39)(H,36,40). The minimum atomic E-state index is -0.531. The summed E-state index contributed by atoms with van der Waals surface area (Å²) >= 11 is 3.32. The lowest BCUT2D eigenvalue weighted by Crippen LogP contribution is -2.41. The Bertz CT molecular complexity index is 1020. The van der Waals surface area contributed by atoms with Crippen LogP contribution in [-0.2, 0) is 9.59 Å². The number of Topliss-reactive ketones (excluding diaryl/α,β-unsaturated/α-hetero) is 2. The van der Waals surface area contributed by atoms with Crippen molar-refractivity contribution in [1.29, 1.82) is 0 Å². The molecule has 42 heavy (non-hydrogen) atoms. The van der Waals surface area contributed by atoms with Crippen LogP contribution in [0, 0.1) is 0 Å². The van der Waals surface area contributed by atoms with Crippen LogP contribution >= 0.6 is 23.5 Å². The van der Waals surface area contributed by atoms with Crippen molar-refractivity contribution in [2.24, 2.45) is 0 Å². The molecule has 10 heteroatoms. The van der Waals surface area contributed by atoms with E-state index in [9.17, 15) is 19.2 Å². The van der Waals surface area contributed by atoms with Gasteiger partial charge in [-0.1, -0.05) is 38.5 Å². The van der Waals surface area contributed by atoms with Gasteiger partial charge in [-0.05, 0) is 76.3 Å². The maximum atomic E-state index is 12.6. The lowest BCUT2D eigenvalue weighted by molar-refractivity contribution is -0.120. The first-order chi connectivity index (χ1) is 20.2. The monoisotopic (exact) mass is 614 g/mol. The maximum Gasteiger partial charge on any atom is 0.253 e. The Morgan fingerprint density at radius 1 is 0.619 bits per heavy atom. The van der Waals surface area contributed by atoms with Crippen LogP contribution in [0.25, 0.3) is 0 Å². The highest BCUT2D eigenvalue weighted by atomic mass is 32.2. The second-order valence-corrected chi connectivity index (χ2v) is 13.4. The van der Waals surface area contributed by atoms with E-state index in [4.69, 9.17) is 0 Å². The Morgan fingerprint density at radius 3 is 1.31 bits per heavy atom. The van der Waals surface area contributed by atoms with Crippen LogP contribution in [0.4, 0.5) is 0 Å². The normalized spacial score (nSPS) is 13.9. The Balaban J connectivity index is 1.44. The highest BCUT2D eigenvalue weighted by molar-refractivity contribution is 8.00. The van der Waals surface area contributed by atoms with Gasteiger partial charge in [0.15, 0.2) is 11.6 Å². The number of hydrogen-bond donors (Lipinski definition) is 2. The molecule has 2 N–H and O–H groups in total. The van der Waals surface area contributed by atoms with Gasteiger partial charge in [0, 0.05) is 24.8 Å². The molecule has 0 aromatic carbocycles. The lowest BCUT2D eigenvalue weighted by atomic mass is 10.1. The molecule has 2 heterocycles. The fourth-order valence-electron chi connectivity index (χ4n) is 4.35. The number of nitrogens with zero attached hydrogens (tertiary/aromatic N) is 2. The quantitative estimate of drug-likeness (QED) is 0.167. The van der Waals surface area contributed by atoms with Gasteiger partial charge in [-0.2, -0.15) is 23.5 Å². The molecule has 0 bridgehead atoms. The second kappa shape index (κ2) is 20.2. The zero-order valence-electron chi connectivity index (χ0n) is 25.3. The first-order valence-electron chi connectivity index (χ1n) is 14.9. The van der Waals surface area contributed by atoms with E-state index in [0.717, 1.165) is 37.2 Å². The van der Waals surface area contributed by atoms with Gasteiger partial charge < -0.3 is 10.6 Å². The van der Waals surface area contributed by atoms with Gasteiger partial charge >= 0.3 is 0 Å². The predicted octanol–water partition coefficient (Wildman–Crippen LogP) is 5.92. The number of aromatic nitrogens is 2. The van der Waals surface area contributed by atoms with E-state index in [1.54, 1.807) is 74.0 Å². The molecule has 0 saturated heterocycles. The molecule has 0 radical (unpaired) electrons. The van der Waals surface area contributed by atoms with Crippen LogP contribution in [0.15, 0.2) is 49.1 Å². The van der Waals surface area contributed by atoms with Gasteiger partial charge in [-0.25, -0.2) is 0 Å². The number of carbonyl (C=O) groups is 4. The van der Waals surface area contributed by atoms with Gasteiger partial charge in [-0.15, -0.1) is 0 Å². The molecule has 2 aromatic rings. The van der Waals surface area contributed by atoms with Crippen molar-refractivity contribution in [1.82, 2.24) is 20.6 Å². The first kappa shape index (κ1) is 35.5. The van der Waals surface area contributed by atoms with Crippen molar-refractivity contribution >= 4 is 46.9 Å². The third-order valence-electron chi connectivity index (χ3n) is 6.97. The first-order valence-corrected chi connectivity index (χ1v) is 17.0. The number of unbranched alkanes of at least 4 members (excludes halogenated alkanes) is 7. The number of rotatable bonds is 21. The SMILES string of the molecule is CC(NC(=O)c1cccnc1)C(=O)C(C)SCCCCCCCCCCSC(C)C(=O)C(C)NC(=O)c1cccnc1. The van der Waals surface area contributed by atoms with Crippen molar-refractivity contribution in [3.05, 3.63) is 60.2 Å². The molecule has 2 rings (SSSR count). The summed E-state index contributed by atoms with van der Waals surface area (Å²) in [4.78, 5) is 57.6. The molecular formula is C32H46N4O4S2. The lowest BCUT2D eigenvalue weighted by Gasteiger charge is -2.17. The molecule has 0 fully saturated rings. The van der Waals surface area contributed by atoms with Gasteiger partial charge in [0.05, 0.1) is 33.7 Å². The fraction of sp³-hybridized carbons (Fsp3) is 0.562. The third kappa shape index (κ3) is 13.5. The van der Waals surface area contributed by atoms with E-state index in [0.29, 0.717) is 11.1 Å². The van der Waals surface area contributed by atoms with Crippen molar-refractivity contribution in [3.8, 4) is 0 Å². The molecule has 2 amide bonds. The number of thioether (sulfide) groups is 2. The maximum absolute atomic E-state index is 12.6. The summed E-state index contributed by atoms with van der Waals surface area (Å²) in [7, 11) is 0. The van der Waals surface area contributed by atoms with Gasteiger partial charge in [0.2, 0.25) is 0 Å². The van der Waals surface area contributed by atoms with Gasteiger partial charge in [-0.3, -0.25) is 29.1 Å². The Labute approximate surface area is 259 Å². The van der Waals surface area contributed by atoms with Crippen molar-refractivity contribution in [2.75, 3.05) is 11.5 Å². The molecule has 8 nitrogen and oxygen atoms in total. The highest BCUT2D eigenvalue weighted by Crippen LogP contribution is 2.19. The Hall–Kier alpha value is -2.72. The second-order valence-electron chi connectivity index (χ2n) is 10.5. The fourth-order valence-corrected chi connectivity index (χ4v) is 6.54. The zero-order chi connectivity index (χ0) is 30.7. The van der Waals surface area contributed by atoms with E-state index in [1.165, 1.54) is 38.1 Å². The van der Waals surface area contributed by atoms with Crippen LogP contribution in [0.1, 0.15) is 99.8 Å². The third-order valence-corrected chi connectivity index (χ3v) is 9.49. The van der Waals surface area contributed by atoms with E-state index in [-0.39, 0.29) is 33.9 Å². The van der Waals surface area contributed by atoms with Gasteiger partial charge in [0.1, 0.15) is 0 Å². The van der Waals surface area contributed by atoms with E-state index < -0.39 is 12.1 Å². The smallest absolute Gasteiger partial charge is 0.253 e. The number of carbonyl (C=O) groups excluding carboxylic acids is 4. The Kier molecular flexibility index (Phi) is 17.1. The number of amides is 2. The summed E-state index contributed by atoms with van der Waals surface area (Å²) in [5.74, 6) is 1.40. The largest absolute Gasteiger partial charge is 0.342 e. The van der Waals surface area contributed by atoms with Crippen LogP contribution < -0.4 is 10.6 Å². The summed E-state index contributed by atoms with van der Waals surface area (Å²) in [6, 6.07) is 5.70. The van der Waals surface area contributed by atoms with E-state index in [2.05, 4.69) is 20.6 Å². The molecule has 230 valence electrons. The molecule has 0 saturated carbocycles. The topological polar surface area (TPSA) is 118 Å². The van der Waals surface area contributed by atoms with Crippen LogP contribution in [0.3, 0.4) is 0 Å². The minimum absolute atomic E-state index is 0.0382. The molecule has 4 atom stereocenters. The predicted molar refractivity (Wildman–Crippen MR) is 173 cm³/mol. The molecule has 0 aliphatic carbocycles. The molecule has 2 aromatic heterocycles. The molecule has 0 spiro atoms. The van der Waals surface area contributed by atoms with Crippen LogP contribution in [-0.4, -0.2) is 67.4 Å². The number of nitrogens with one attached hydrogen (secondary N) is 2. The molecule has 0 aliphatic heterocycles. The van der Waals surface area contributed by atoms with Crippen LogP contribution in [0.5, 0.6) is 0 Å². The van der Waals surface area contributed by atoms with E-state index in [1.807, 2.05) is 13.8 Å². The summed E-state index contributed by atoms with van der Waals surface area (Å²) < 4.78 is 0. The van der Waals surface area contributed by atoms with Crippen molar-refractivity contribution in [2.45, 2.75) is 102 Å². The van der Waals surface area contributed by atoms with Crippen molar-refractivity contribution in [3.63, 3.8) is 0 Å². The molecular weight excluding hydrogens is 569 g/mol. The number of pyridine rings is 2. The highest BCUT2D eigenvalue weighted by Gasteiger charge is 2.23. The van der Waals surface area contributed by atoms with Crippen molar-refractivity contribution < 1.29 is 19.2 Å². The molecule has 0 aliphatic rings. The van der Waals surface area contributed by atoms with Gasteiger partial charge in [0.25, 0.3) is 11.8 Å². The number of ketones is 2. The Morgan fingerprint density at radius 2 is 0.976 bits per heavy atom. The van der Waals surface area contributed by atoms with E-state index >= 15 is 0 Å². The minimum Gasteiger partial charge on any atom is -0.342 e. The summed E-state index contributed by atoms with van der Waals surface area (Å²) in [6.07, 6.45) is 15.5. The average Bonchev–Trinajstić information content (AvgIpc) is 3.01. The summed E-state index contributed by atoms with van der Waals surface area (Å²) in [5.41, 5.74) is 0.905. The summed E-state index contributed by atoms with van der Waals surface area (Å²) in [5, 5.41) is 5.24. The average molecular weight is 615 g/mol. The number of hydrogen-bond acceptors (Lipinski definition) is 8. The summed E-state index contributed by atoms with van der Waals surface area (Å²) in [6.45, 7) is 7.30. The molecule has 4 unspecified atom stereocenters.